The fraction of sp³-hybridized carbons (Fsp3) is 0.647. The largest absolute Gasteiger partial charge is 0.492 e. The zero-order chi connectivity index (χ0) is 14.8. The molecular formula is C17H29NO2. The smallest absolute Gasteiger partial charge is 0.125 e. The summed E-state index contributed by atoms with van der Waals surface area (Å²) in [5.41, 5.74) is 3.73. The summed E-state index contributed by atoms with van der Waals surface area (Å²) in [5.74, 6) is 1.03. The van der Waals surface area contributed by atoms with Crippen LogP contribution >= 0.6 is 0 Å². The van der Waals surface area contributed by atoms with E-state index in [4.69, 9.17) is 9.47 Å². The van der Waals surface area contributed by atoms with Crippen molar-refractivity contribution in [1.82, 2.24) is 5.32 Å². The zero-order valence-corrected chi connectivity index (χ0v) is 13.4. The van der Waals surface area contributed by atoms with Gasteiger partial charge in [-0.2, -0.15) is 0 Å². The molecular weight excluding hydrogens is 250 g/mol. The van der Waals surface area contributed by atoms with Crippen molar-refractivity contribution in [3.63, 3.8) is 0 Å². The van der Waals surface area contributed by atoms with Gasteiger partial charge in [-0.15, -0.1) is 0 Å². The van der Waals surface area contributed by atoms with Crippen LogP contribution in [0, 0.1) is 20.8 Å². The summed E-state index contributed by atoms with van der Waals surface area (Å²) in [6.07, 6.45) is 2.34. The van der Waals surface area contributed by atoms with E-state index in [2.05, 4.69) is 45.1 Å². The Morgan fingerprint density at radius 3 is 2.40 bits per heavy atom. The van der Waals surface area contributed by atoms with E-state index in [9.17, 15) is 0 Å². The van der Waals surface area contributed by atoms with E-state index in [1.165, 1.54) is 23.1 Å². The minimum absolute atomic E-state index is 0.695. The Hall–Kier alpha value is -1.06. The molecule has 20 heavy (non-hydrogen) atoms. The fourth-order valence-corrected chi connectivity index (χ4v) is 1.99. The Kier molecular flexibility index (Phi) is 8.31. The highest BCUT2D eigenvalue weighted by molar-refractivity contribution is 5.44. The molecule has 0 radical (unpaired) electrons. The molecule has 0 saturated carbocycles. The topological polar surface area (TPSA) is 30.5 Å². The normalized spacial score (nSPS) is 10.8. The van der Waals surface area contributed by atoms with Gasteiger partial charge in [-0.3, -0.25) is 0 Å². The van der Waals surface area contributed by atoms with Gasteiger partial charge in [0.05, 0.1) is 6.61 Å². The second-order valence-electron chi connectivity index (χ2n) is 5.22. The molecule has 0 unspecified atom stereocenters. The first-order valence-electron chi connectivity index (χ1n) is 7.65. The molecule has 3 nitrogen and oxygen atoms in total. The van der Waals surface area contributed by atoms with Crippen molar-refractivity contribution in [3.8, 4) is 5.75 Å². The molecule has 1 rings (SSSR count). The van der Waals surface area contributed by atoms with Gasteiger partial charge in [0.15, 0.2) is 0 Å². The summed E-state index contributed by atoms with van der Waals surface area (Å²) < 4.78 is 11.4. The number of ether oxygens (including phenoxy) is 2. The van der Waals surface area contributed by atoms with Crippen LogP contribution in [0.25, 0.3) is 0 Å². The molecule has 0 bridgehead atoms. The van der Waals surface area contributed by atoms with Gasteiger partial charge >= 0.3 is 0 Å². The Balaban J connectivity index is 2.14. The van der Waals surface area contributed by atoms with Crippen LogP contribution < -0.4 is 10.1 Å². The predicted octanol–water partition coefficient (Wildman–Crippen LogP) is 3.40. The van der Waals surface area contributed by atoms with Crippen LogP contribution in [-0.4, -0.2) is 32.9 Å². The summed E-state index contributed by atoms with van der Waals surface area (Å²) in [6.45, 7) is 12.6. The van der Waals surface area contributed by atoms with Gasteiger partial charge in [0.1, 0.15) is 12.4 Å². The first kappa shape index (κ1) is 17.0. The van der Waals surface area contributed by atoms with E-state index in [-0.39, 0.29) is 0 Å². The molecule has 0 saturated heterocycles. The molecule has 1 N–H and O–H groups in total. The summed E-state index contributed by atoms with van der Waals surface area (Å²) in [5, 5.41) is 3.34. The lowest BCUT2D eigenvalue weighted by atomic mass is 10.1. The third-order valence-corrected chi connectivity index (χ3v) is 3.46. The van der Waals surface area contributed by atoms with Gasteiger partial charge in [0.2, 0.25) is 0 Å². The molecule has 3 heteroatoms. The van der Waals surface area contributed by atoms with Gasteiger partial charge in [-0.05, 0) is 43.9 Å². The minimum Gasteiger partial charge on any atom is -0.492 e. The Labute approximate surface area is 123 Å². The molecule has 114 valence electrons. The van der Waals surface area contributed by atoms with Crippen LogP contribution in [0.3, 0.4) is 0 Å². The highest BCUT2D eigenvalue weighted by Gasteiger charge is 2.05. The molecule has 0 aromatic heterocycles. The van der Waals surface area contributed by atoms with Crippen molar-refractivity contribution < 1.29 is 9.47 Å². The average Bonchev–Trinajstić information content (AvgIpc) is 2.44. The van der Waals surface area contributed by atoms with Gasteiger partial charge in [-0.25, -0.2) is 0 Å². The van der Waals surface area contributed by atoms with E-state index in [1.54, 1.807) is 0 Å². The fourth-order valence-electron chi connectivity index (χ4n) is 1.99. The molecule has 0 heterocycles. The van der Waals surface area contributed by atoms with Crippen LogP contribution in [0.4, 0.5) is 0 Å². The molecule has 0 atom stereocenters. The Morgan fingerprint density at radius 2 is 1.65 bits per heavy atom. The number of nitrogens with one attached hydrogen (secondary N) is 1. The summed E-state index contributed by atoms with van der Waals surface area (Å²) >= 11 is 0. The molecule has 0 amide bonds. The van der Waals surface area contributed by atoms with Crippen molar-refractivity contribution >= 4 is 0 Å². The first-order valence-corrected chi connectivity index (χ1v) is 7.65. The number of rotatable bonds is 10. The quantitative estimate of drug-likeness (QED) is 0.666. The third kappa shape index (κ3) is 5.93. The first-order chi connectivity index (χ1) is 9.66. The van der Waals surface area contributed by atoms with Crippen LogP contribution in [0.15, 0.2) is 12.1 Å². The van der Waals surface area contributed by atoms with Crippen molar-refractivity contribution in [2.75, 3.05) is 32.9 Å². The molecule has 0 aliphatic carbocycles. The van der Waals surface area contributed by atoms with Crippen molar-refractivity contribution in [2.24, 2.45) is 0 Å². The maximum atomic E-state index is 5.89. The van der Waals surface area contributed by atoms with Crippen LogP contribution in [0.2, 0.25) is 0 Å². The highest BCUT2D eigenvalue weighted by Crippen LogP contribution is 2.25. The number of aryl methyl sites for hydroxylation is 2. The number of hydrogen-bond donors (Lipinski definition) is 1. The van der Waals surface area contributed by atoms with Crippen molar-refractivity contribution in [1.29, 1.82) is 0 Å². The van der Waals surface area contributed by atoms with E-state index in [0.29, 0.717) is 6.61 Å². The lowest BCUT2D eigenvalue weighted by Gasteiger charge is -2.14. The summed E-state index contributed by atoms with van der Waals surface area (Å²) in [7, 11) is 0. The van der Waals surface area contributed by atoms with Gasteiger partial charge in [-0.1, -0.05) is 25.5 Å². The van der Waals surface area contributed by atoms with Crippen molar-refractivity contribution in [3.05, 3.63) is 28.8 Å². The SMILES string of the molecule is CCCCOCCNCCOc1c(C)ccc(C)c1C. The lowest BCUT2D eigenvalue weighted by molar-refractivity contribution is 0.132. The Bertz CT molecular complexity index is 391. The maximum Gasteiger partial charge on any atom is 0.125 e. The van der Waals surface area contributed by atoms with Gasteiger partial charge < -0.3 is 14.8 Å². The second-order valence-corrected chi connectivity index (χ2v) is 5.22. The predicted molar refractivity (Wildman–Crippen MR) is 84.7 cm³/mol. The van der Waals surface area contributed by atoms with Crippen molar-refractivity contribution in [2.45, 2.75) is 40.5 Å². The average molecular weight is 279 g/mol. The van der Waals surface area contributed by atoms with E-state index >= 15 is 0 Å². The monoisotopic (exact) mass is 279 g/mol. The van der Waals surface area contributed by atoms with Gasteiger partial charge in [0, 0.05) is 19.7 Å². The molecule has 0 spiro atoms. The Morgan fingerprint density at radius 1 is 0.950 bits per heavy atom. The van der Waals surface area contributed by atoms with E-state index in [1.807, 2.05) is 0 Å². The summed E-state index contributed by atoms with van der Waals surface area (Å²) in [4.78, 5) is 0. The van der Waals surface area contributed by atoms with Crippen LogP contribution in [0.1, 0.15) is 36.5 Å². The second kappa shape index (κ2) is 9.78. The zero-order valence-electron chi connectivity index (χ0n) is 13.4. The molecule has 1 aromatic carbocycles. The lowest BCUT2D eigenvalue weighted by Crippen LogP contribution is -2.25. The molecule has 0 aliphatic rings. The number of benzene rings is 1. The number of unbranched alkanes of at least 4 members (excludes halogenated alkanes) is 1. The highest BCUT2D eigenvalue weighted by atomic mass is 16.5. The molecule has 0 fully saturated rings. The summed E-state index contributed by atoms with van der Waals surface area (Å²) in [6, 6.07) is 4.26. The standard InChI is InChI=1S/C17H29NO2/c1-5-6-11-19-12-9-18-10-13-20-17-15(3)8-7-14(2)16(17)4/h7-8,18H,5-6,9-13H2,1-4H3. The van der Waals surface area contributed by atoms with E-state index < -0.39 is 0 Å². The molecule has 1 aromatic rings. The third-order valence-electron chi connectivity index (χ3n) is 3.46. The van der Waals surface area contributed by atoms with E-state index in [0.717, 1.165) is 38.5 Å². The van der Waals surface area contributed by atoms with Crippen LogP contribution in [-0.2, 0) is 4.74 Å². The molecule has 0 aliphatic heterocycles. The maximum absolute atomic E-state index is 5.89. The van der Waals surface area contributed by atoms with Gasteiger partial charge in [0.25, 0.3) is 0 Å². The number of hydrogen-bond acceptors (Lipinski definition) is 3. The van der Waals surface area contributed by atoms with Crippen LogP contribution in [0.5, 0.6) is 5.75 Å². The minimum atomic E-state index is 0.695.